The second-order valence-corrected chi connectivity index (χ2v) is 9.88. The van der Waals surface area contributed by atoms with Crippen LogP contribution < -0.4 is 15.0 Å². The van der Waals surface area contributed by atoms with Crippen LogP contribution in [-0.2, 0) is 9.47 Å². The molecule has 1 aromatic carbocycles. The van der Waals surface area contributed by atoms with Crippen LogP contribution in [0.2, 0.25) is 0 Å². The lowest BCUT2D eigenvalue weighted by Gasteiger charge is -2.36. The number of nitrogens with one attached hydrogen (secondary N) is 1. The molecule has 2 atom stereocenters. The predicted molar refractivity (Wildman–Crippen MR) is 150 cm³/mol. The number of nitrogens with zero attached hydrogens (tertiary/aromatic N) is 5. The fourth-order valence-electron chi connectivity index (χ4n) is 4.78. The largest absolute Gasteiger partial charge is 0.491 e. The summed E-state index contributed by atoms with van der Waals surface area (Å²) < 4.78 is 22.1. The summed E-state index contributed by atoms with van der Waals surface area (Å²) in [5, 5.41) is 17.1. The van der Waals surface area contributed by atoms with Crippen molar-refractivity contribution in [2.75, 3.05) is 65.5 Å². The first-order valence-corrected chi connectivity index (χ1v) is 13.2. The van der Waals surface area contributed by atoms with Crippen molar-refractivity contribution in [2.45, 2.75) is 33.0 Å². The average Bonchev–Trinajstić information content (AvgIpc) is 3.29. The van der Waals surface area contributed by atoms with Crippen LogP contribution >= 0.6 is 0 Å². The van der Waals surface area contributed by atoms with E-state index in [0.29, 0.717) is 50.1 Å². The van der Waals surface area contributed by atoms with Gasteiger partial charge in [0.05, 0.1) is 43.3 Å². The molecule has 12 nitrogen and oxygen atoms in total. The van der Waals surface area contributed by atoms with Gasteiger partial charge in [0.15, 0.2) is 5.82 Å². The Hall–Kier alpha value is -3.74. The van der Waals surface area contributed by atoms with Gasteiger partial charge in [-0.3, -0.25) is 0 Å². The number of aliphatic hydroxyl groups excluding tert-OH is 1. The van der Waals surface area contributed by atoms with Crippen LogP contribution in [-0.4, -0.2) is 104 Å². The van der Waals surface area contributed by atoms with Crippen LogP contribution in [0.1, 0.15) is 17.0 Å². The van der Waals surface area contributed by atoms with E-state index >= 15 is 0 Å². The number of carbonyl (C=O) groups excluding carboxylic acids is 1. The molecule has 0 saturated carbocycles. The molecule has 2 unspecified atom stereocenters. The number of carbonyl (C=O) groups is 1. The SMILES string of the molecule is CNCC(O)COc1cccc(-c2nc(-c3c(C)noc3C)c(C)c(N3CCOC(CN(C)C(=O)OC)C3)n2)c1. The minimum atomic E-state index is -0.630. The van der Waals surface area contributed by atoms with Gasteiger partial charge in [0.25, 0.3) is 0 Å². The molecule has 0 spiro atoms. The van der Waals surface area contributed by atoms with E-state index < -0.39 is 12.2 Å². The van der Waals surface area contributed by atoms with Gasteiger partial charge in [-0.15, -0.1) is 0 Å². The molecular formula is C28H38N6O6. The van der Waals surface area contributed by atoms with Crippen molar-refractivity contribution >= 4 is 11.9 Å². The Morgan fingerprint density at radius 3 is 2.80 bits per heavy atom. The first kappa shape index (κ1) is 29.2. The Kier molecular flexibility index (Phi) is 9.56. The van der Waals surface area contributed by atoms with Crippen molar-refractivity contribution in [3.63, 3.8) is 0 Å². The summed E-state index contributed by atoms with van der Waals surface area (Å²) in [6, 6.07) is 7.51. The highest BCUT2D eigenvalue weighted by Gasteiger charge is 2.28. The van der Waals surface area contributed by atoms with Crippen molar-refractivity contribution in [1.29, 1.82) is 0 Å². The standard InChI is InChI=1S/C28H38N6O6/c1-17-25(24-18(2)32-40-19(24)3)30-26(20-8-7-9-22(12-20)39-16-21(35)13-29-4)31-27(17)34-10-11-38-23(15-34)14-33(5)28(36)37-6/h7-9,12,21,23,29,35H,10-11,13-16H2,1-6H3. The number of benzene rings is 1. The van der Waals surface area contributed by atoms with Crippen LogP contribution in [0.3, 0.4) is 0 Å². The second-order valence-electron chi connectivity index (χ2n) is 9.88. The number of amides is 1. The van der Waals surface area contributed by atoms with E-state index in [-0.39, 0.29) is 12.7 Å². The molecule has 1 amide bonds. The average molecular weight is 555 g/mol. The fourth-order valence-corrected chi connectivity index (χ4v) is 4.78. The maximum Gasteiger partial charge on any atom is 0.409 e. The fraction of sp³-hybridized carbons (Fsp3) is 0.500. The van der Waals surface area contributed by atoms with E-state index in [9.17, 15) is 9.90 Å². The van der Waals surface area contributed by atoms with E-state index in [1.807, 2.05) is 45.0 Å². The van der Waals surface area contributed by atoms with Crippen molar-refractivity contribution in [3.8, 4) is 28.4 Å². The zero-order valence-corrected chi connectivity index (χ0v) is 23.9. The topological polar surface area (TPSA) is 135 Å². The maximum absolute atomic E-state index is 11.9. The highest BCUT2D eigenvalue weighted by atomic mass is 16.5. The van der Waals surface area contributed by atoms with E-state index in [4.69, 9.17) is 28.7 Å². The Morgan fingerprint density at radius 2 is 2.10 bits per heavy atom. The van der Waals surface area contributed by atoms with Gasteiger partial charge in [-0.1, -0.05) is 17.3 Å². The first-order valence-electron chi connectivity index (χ1n) is 13.2. The molecular weight excluding hydrogens is 516 g/mol. The number of aliphatic hydroxyl groups is 1. The van der Waals surface area contributed by atoms with Crippen molar-refractivity contribution in [1.82, 2.24) is 25.3 Å². The van der Waals surface area contributed by atoms with Gasteiger partial charge >= 0.3 is 6.09 Å². The minimum Gasteiger partial charge on any atom is -0.491 e. The summed E-state index contributed by atoms with van der Waals surface area (Å²) in [5.41, 5.74) is 3.97. The molecule has 1 fully saturated rings. The van der Waals surface area contributed by atoms with Crippen molar-refractivity contribution < 1.29 is 28.6 Å². The summed E-state index contributed by atoms with van der Waals surface area (Å²) in [6.45, 7) is 8.38. The Morgan fingerprint density at radius 1 is 1.30 bits per heavy atom. The van der Waals surface area contributed by atoms with Crippen LogP contribution in [0, 0.1) is 20.8 Å². The van der Waals surface area contributed by atoms with Gasteiger partial charge in [-0.05, 0) is 40.0 Å². The number of ether oxygens (including phenoxy) is 3. The predicted octanol–water partition coefficient (Wildman–Crippen LogP) is 2.59. The highest BCUT2D eigenvalue weighted by Crippen LogP contribution is 2.35. The molecule has 1 aliphatic heterocycles. The Bertz CT molecular complexity index is 1290. The number of rotatable bonds is 10. The van der Waals surface area contributed by atoms with Gasteiger partial charge in [0.1, 0.15) is 30.0 Å². The smallest absolute Gasteiger partial charge is 0.409 e. The number of likely N-dealkylation sites (N-methyl/N-ethyl adjacent to an activating group) is 2. The molecule has 3 aromatic rings. The molecule has 3 heterocycles. The lowest BCUT2D eigenvalue weighted by atomic mass is 10.0. The molecule has 40 heavy (non-hydrogen) atoms. The maximum atomic E-state index is 11.9. The number of anilines is 1. The van der Waals surface area contributed by atoms with Gasteiger partial charge < -0.3 is 39.0 Å². The Labute approximate surface area is 234 Å². The van der Waals surface area contributed by atoms with E-state index in [0.717, 1.165) is 33.9 Å². The number of aromatic nitrogens is 3. The second kappa shape index (κ2) is 13.1. The van der Waals surface area contributed by atoms with Gasteiger partial charge in [-0.25, -0.2) is 14.8 Å². The summed E-state index contributed by atoms with van der Waals surface area (Å²) in [6.07, 6.45) is -1.27. The monoisotopic (exact) mass is 554 g/mol. The van der Waals surface area contributed by atoms with E-state index in [1.165, 1.54) is 12.0 Å². The third-order valence-corrected chi connectivity index (χ3v) is 6.77. The summed E-state index contributed by atoms with van der Waals surface area (Å²) >= 11 is 0. The zero-order chi connectivity index (χ0) is 28.8. The molecule has 2 aromatic heterocycles. The molecule has 12 heteroatoms. The van der Waals surface area contributed by atoms with Gasteiger partial charge in [-0.2, -0.15) is 0 Å². The lowest BCUT2D eigenvalue weighted by Crippen LogP contribution is -2.48. The summed E-state index contributed by atoms with van der Waals surface area (Å²) in [5.74, 6) is 2.57. The third-order valence-electron chi connectivity index (χ3n) is 6.77. The quantitative estimate of drug-likeness (QED) is 0.383. The summed E-state index contributed by atoms with van der Waals surface area (Å²) in [7, 11) is 4.82. The first-order chi connectivity index (χ1) is 19.2. The van der Waals surface area contributed by atoms with E-state index in [2.05, 4.69) is 15.4 Å². The summed E-state index contributed by atoms with van der Waals surface area (Å²) in [4.78, 5) is 25.6. The minimum absolute atomic E-state index is 0.157. The number of hydrogen-bond donors (Lipinski definition) is 2. The van der Waals surface area contributed by atoms with Crippen molar-refractivity contribution in [3.05, 3.63) is 41.3 Å². The number of hydrogen-bond acceptors (Lipinski definition) is 11. The molecule has 216 valence electrons. The van der Waals surface area contributed by atoms with Crippen LogP contribution in [0.5, 0.6) is 5.75 Å². The molecule has 0 aliphatic carbocycles. The molecule has 4 rings (SSSR count). The van der Waals surface area contributed by atoms with Crippen LogP contribution in [0.15, 0.2) is 28.8 Å². The third kappa shape index (κ3) is 6.69. The van der Waals surface area contributed by atoms with Gasteiger partial charge in [0.2, 0.25) is 0 Å². The Balaban J connectivity index is 1.71. The number of morpholine rings is 1. The zero-order valence-electron chi connectivity index (χ0n) is 23.9. The van der Waals surface area contributed by atoms with E-state index in [1.54, 1.807) is 14.1 Å². The number of methoxy groups -OCH3 is 1. The van der Waals surface area contributed by atoms with Crippen LogP contribution in [0.25, 0.3) is 22.6 Å². The molecule has 0 radical (unpaired) electrons. The highest BCUT2D eigenvalue weighted by molar-refractivity contribution is 5.75. The lowest BCUT2D eigenvalue weighted by molar-refractivity contribution is 0.0197. The molecule has 2 N–H and O–H groups in total. The number of aryl methyl sites for hydroxylation is 2. The van der Waals surface area contributed by atoms with Crippen molar-refractivity contribution in [2.24, 2.45) is 0 Å². The van der Waals surface area contributed by atoms with Gasteiger partial charge in [0, 0.05) is 37.8 Å². The molecule has 1 aliphatic rings. The molecule has 0 bridgehead atoms. The van der Waals surface area contributed by atoms with Crippen LogP contribution in [0.4, 0.5) is 10.6 Å². The molecule has 1 saturated heterocycles. The normalized spacial score (nSPS) is 16.1.